The molecule has 5 heteroatoms. The molecule has 20 heavy (non-hydrogen) atoms. The van der Waals surface area contributed by atoms with Gasteiger partial charge in [0.2, 0.25) is 5.91 Å². The molecule has 114 valence electrons. The number of hydrogen-bond donors (Lipinski definition) is 2. The largest absolute Gasteiger partial charge is 0.341 e. The molecule has 0 aromatic carbocycles. The van der Waals surface area contributed by atoms with Crippen molar-refractivity contribution in [3.63, 3.8) is 0 Å². The Morgan fingerprint density at radius 1 is 1.15 bits per heavy atom. The Labute approximate surface area is 121 Å². The van der Waals surface area contributed by atoms with Crippen LogP contribution < -0.4 is 10.6 Å². The highest BCUT2D eigenvalue weighted by Crippen LogP contribution is 2.35. The molecule has 0 aromatic rings. The predicted molar refractivity (Wildman–Crippen MR) is 78.3 cm³/mol. The number of hydrogen-bond acceptors (Lipinski definition) is 2. The number of rotatable bonds is 3. The summed E-state index contributed by atoms with van der Waals surface area (Å²) in [6.45, 7) is 5.64. The summed E-state index contributed by atoms with van der Waals surface area (Å²) >= 11 is 0. The summed E-state index contributed by atoms with van der Waals surface area (Å²) in [6.07, 6.45) is 6.39. The average molecular weight is 281 g/mol. The Morgan fingerprint density at radius 3 is 2.55 bits per heavy atom. The Bertz CT molecular complexity index is 357. The number of urea groups is 1. The van der Waals surface area contributed by atoms with E-state index in [2.05, 4.69) is 10.6 Å². The highest BCUT2D eigenvalue weighted by molar-refractivity contribution is 5.84. The van der Waals surface area contributed by atoms with Crippen LogP contribution in [0, 0.1) is 11.8 Å². The van der Waals surface area contributed by atoms with Crippen LogP contribution >= 0.6 is 0 Å². The molecule has 1 aliphatic carbocycles. The first-order valence-corrected chi connectivity index (χ1v) is 7.88. The summed E-state index contributed by atoms with van der Waals surface area (Å²) in [4.78, 5) is 25.6. The van der Waals surface area contributed by atoms with E-state index in [0.29, 0.717) is 5.92 Å². The van der Waals surface area contributed by atoms with E-state index >= 15 is 0 Å². The minimum absolute atomic E-state index is 0.0490. The van der Waals surface area contributed by atoms with Crippen molar-refractivity contribution in [1.29, 1.82) is 0 Å². The van der Waals surface area contributed by atoms with Gasteiger partial charge in [0.05, 0.1) is 6.54 Å². The first-order chi connectivity index (χ1) is 9.56. The van der Waals surface area contributed by atoms with Gasteiger partial charge in [-0.15, -0.1) is 0 Å². The molecule has 1 saturated heterocycles. The van der Waals surface area contributed by atoms with Gasteiger partial charge < -0.3 is 15.5 Å². The van der Waals surface area contributed by atoms with Crippen molar-refractivity contribution >= 4 is 11.9 Å². The van der Waals surface area contributed by atoms with E-state index in [4.69, 9.17) is 0 Å². The molecule has 3 amide bonds. The van der Waals surface area contributed by atoms with Crippen molar-refractivity contribution in [2.45, 2.75) is 52.0 Å². The van der Waals surface area contributed by atoms with Gasteiger partial charge in [0.25, 0.3) is 0 Å². The van der Waals surface area contributed by atoms with Crippen molar-refractivity contribution in [2.75, 3.05) is 19.6 Å². The first-order valence-electron chi connectivity index (χ1n) is 7.88. The van der Waals surface area contributed by atoms with Crippen LogP contribution in [-0.2, 0) is 4.79 Å². The molecule has 2 atom stereocenters. The van der Waals surface area contributed by atoms with E-state index in [-0.39, 0.29) is 24.5 Å². The monoisotopic (exact) mass is 281 g/mol. The van der Waals surface area contributed by atoms with Crippen LogP contribution in [0.15, 0.2) is 0 Å². The zero-order valence-electron chi connectivity index (χ0n) is 12.7. The number of likely N-dealkylation sites (tertiary alicyclic amines) is 1. The predicted octanol–water partition coefficient (Wildman–Crippen LogP) is 1.73. The van der Waals surface area contributed by atoms with Crippen LogP contribution in [0.2, 0.25) is 0 Å². The SMILES string of the molecule is CC(C)NC(=O)NCC(=O)N1CCC2CCCCC2C1. The number of fused-ring (bicyclic) bond motifs is 1. The third-order valence-corrected chi connectivity index (χ3v) is 4.46. The maximum atomic E-state index is 12.1. The van der Waals surface area contributed by atoms with E-state index in [1.807, 2.05) is 18.7 Å². The summed E-state index contributed by atoms with van der Waals surface area (Å²) in [5.41, 5.74) is 0. The van der Waals surface area contributed by atoms with E-state index in [1.165, 1.54) is 25.7 Å². The topological polar surface area (TPSA) is 61.4 Å². The van der Waals surface area contributed by atoms with Crippen molar-refractivity contribution < 1.29 is 9.59 Å². The second-order valence-corrected chi connectivity index (χ2v) is 6.41. The Kier molecular flexibility index (Phi) is 5.26. The lowest BCUT2D eigenvalue weighted by molar-refractivity contribution is -0.133. The third-order valence-electron chi connectivity index (χ3n) is 4.46. The van der Waals surface area contributed by atoms with Gasteiger partial charge in [-0.05, 0) is 38.5 Å². The first kappa shape index (κ1) is 15.1. The fourth-order valence-corrected chi connectivity index (χ4v) is 3.41. The van der Waals surface area contributed by atoms with Crippen LogP contribution in [0.25, 0.3) is 0 Å². The number of piperidine rings is 1. The standard InChI is InChI=1S/C15H27N3O2/c1-11(2)17-15(20)16-9-14(19)18-8-7-12-5-3-4-6-13(12)10-18/h11-13H,3-10H2,1-2H3,(H2,16,17,20). The van der Waals surface area contributed by atoms with E-state index < -0.39 is 0 Å². The maximum Gasteiger partial charge on any atom is 0.315 e. The summed E-state index contributed by atoms with van der Waals surface area (Å²) < 4.78 is 0. The lowest BCUT2D eigenvalue weighted by Gasteiger charge is -2.41. The molecule has 1 aliphatic heterocycles. The van der Waals surface area contributed by atoms with Gasteiger partial charge >= 0.3 is 6.03 Å². The van der Waals surface area contributed by atoms with Crippen LogP contribution in [0.4, 0.5) is 4.79 Å². The number of nitrogens with zero attached hydrogens (tertiary/aromatic N) is 1. The summed E-state index contributed by atoms with van der Waals surface area (Å²) in [5, 5.41) is 5.37. The summed E-state index contributed by atoms with van der Waals surface area (Å²) in [5.74, 6) is 1.56. The normalized spacial score (nSPS) is 26.1. The average Bonchev–Trinajstić information content (AvgIpc) is 2.43. The second-order valence-electron chi connectivity index (χ2n) is 6.41. The second kappa shape index (κ2) is 6.95. The molecule has 0 bridgehead atoms. The third kappa shape index (κ3) is 4.12. The lowest BCUT2D eigenvalue weighted by Crippen LogP contribution is -2.49. The number of amides is 3. The maximum absolute atomic E-state index is 12.1. The number of carbonyl (C=O) groups is 2. The van der Waals surface area contributed by atoms with Gasteiger partial charge in [-0.1, -0.05) is 19.3 Å². The van der Waals surface area contributed by atoms with Crippen LogP contribution in [0.3, 0.4) is 0 Å². The van der Waals surface area contributed by atoms with Crippen molar-refractivity contribution in [1.82, 2.24) is 15.5 Å². The number of carbonyl (C=O) groups excluding carboxylic acids is 2. The van der Waals surface area contributed by atoms with Gasteiger partial charge in [-0.3, -0.25) is 4.79 Å². The molecule has 0 aromatic heterocycles. The van der Waals surface area contributed by atoms with Crippen molar-refractivity contribution in [3.05, 3.63) is 0 Å². The highest BCUT2D eigenvalue weighted by Gasteiger charge is 2.32. The Morgan fingerprint density at radius 2 is 1.85 bits per heavy atom. The Balaban J connectivity index is 1.74. The molecule has 2 N–H and O–H groups in total. The minimum atomic E-state index is -0.263. The van der Waals surface area contributed by atoms with Gasteiger partial charge in [0.15, 0.2) is 0 Å². The molecule has 2 rings (SSSR count). The quantitative estimate of drug-likeness (QED) is 0.827. The van der Waals surface area contributed by atoms with Gasteiger partial charge in [0.1, 0.15) is 0 Å². The molecular weight excluding hydrogens is 254 g/mol. The molecule has 2 unspecified atom stereocenters. The van der Waals surface area contributed by atoms with Crippen LogP contribution in [-0.4, -0.2) is 42.5 Å². The van der Waals surface area contributed by atoms with Crippen molar-refractivity contribution in [2.24, 2.45) is 11.8 Å². The molecular formula is C15H27N3O2. The van der Waals surface area contributed by atoms with E-state index in [1.54, 1.807) is 0 Å². The van der Waals surface area contributed by atoms with Gasteiger partial charge in [0, 0.05) is 19.1 Å². The van der Waals surface area contributed by atoms with Crippen LogP contribution in [0.5, 0.6) is 0 Å². The number of nitrogens with one attached hydrogen (secondary N) is 2. The van der Waals surface area contributed by atoms with Gasteiger partial charge in [-0.2, -0.15) is 0 Å². The molecule has 0 spiro atoms. The minimum Gasteiger partial charge on any atom is -0.341 e. The van der Waals surface area contributed by atoms with E-state index in [0.717, 1.165) is 25.4 Å². The smallest absolute Gasteiger partial charge is 0.315 e. The summed E-state index contributed by atoms with van der Waals surface area (Å²) in [6, 6.07) is -0.177. The molecule has 5 nitrogen and oxygen atoms in total. The summed E-state index contributed by atoms with van der Waals surface area (Å²) in [7, 11) is 0. The fraction of sp³-hybridized carbons (Fsp3) is 0.867. The lowest BCUT2D eigenvalue weighted by atomic mass is 9.75. The Hall–Kier alpha value is -1.26. The van der Waals surface area contributed by atoms with Crippen molar-refractivity contribution in [3.8, 4) is 0 Å². The molecule has 2 aliphatic rings. The highest BCUT2D eigenvalue weighted by atomic mass is 16.2. The zero-order valence-corrected chi connectivity index (χ0v) is 12.7. The molecule has 2 fully saturated rings. The molecule has 1 saturated carbocycles. The van der Waals surface area contributed by atoms with Gasteiger partial charge in [-0.25, -0.2) is 4.79 Å². The van der Waals surface area contributed by atoms with E-state index in [9.17, 15) is 9.59 Å². The van der Waals surface area contributed by atoms with Crippen LogP contribution in [0.1, 0.15) is 46.0 Å². The molecule has 1 heterocycles. The zero-order chi connectivity index (χ0) is 14.5. The molecule has 0 radical (unpaired) electrons. The fourth-order valence-electron chi connectivity index (χ4n) is 3.41.